The topological polar surface area (TPSA) is 67.4 Å². The zero-order valence-electron chi connectivity index (χ0n) is 15.6. The Morgan fingerprint density at radius 1 is 1.04 bits per heavy atom. The number of nitrogens with one attached hydrogen (secondary N) is 2. The van der Waals surface area contributed by atoms with Crippen molar-refractivity contribution in [2.45, 2.75) is 32.4 Å². The number of halogens is 1. The lowest BCUT2D eigenvalue weighted by atomic mass is 10.0. The Balaban J connectivity index is 1.84. The Hall–Kier alpha value is -2.73. The maximum Gasteiger partial charge on any atom is 0.245 e. The van der Waals surface area contributed by atoms with Gasteiger partial charge in [0.25, 0.3) is 0 Å². The van der Waals surface area contributed by atoms with Gasteiger partial charge in [0.05, 0.1) is 6.61 Å². The van der Waals surface area contributed by atoms with Crippen molar-refractivity contribution in [3.8, 4) is 0 Å². The lowest BCUT2D eigenvalue weighted by Gasteiger charge is -2.16. The van der Waals surface area contributed by atoms with Crippen LogP contribution in [0.5, 0.6) is 0 Å². The molecule has 1 atom stereocenters. The number of hydrogen-bond acceptors (Lipinski definition) is 3. The molecular formula is C21H25FN2O3. The summed E-state index contributed by atoms with van der Waals surface area (Å²) in [7, 11) is 1.48. The molecule has 0 aliphatic heterocycles. The number of hydrogen-bond donors (Lipinski definition) is 2. The number of carbonyl (C=O) groups excluding carboxylic acids is 2. The zero-order chi connectivity index (χ0) is 19.6. The Morgan fingerprint density at radius 3 is 2.33 bits per heavy atom. The number of rotatable bonds is 9. The Morgan fingerprint density at radius 2 is 1.70 bits per heavy atom. The van der Waals surface area contributed by atoms with E-state index < -0.39 is 6.04 Å². The van der Waals surface area contributed by atoms with E-state index in [-0.39, 0.29) is 24.2 Å². The quantitative estimate of drug-likeness (QED) is 0.710. The van der Waals surface area contributed by atoms with Crippen molar-refractivity contribution >= 4 is 11.8 Å². The molecule has 0 aliphatic rings. The molecule has 5 nitrogen and oxygen atoms in total. The van der Waals surface area contributed by atoms with Crippen LogP contribution >= 0.6 is 0 Å². The molecule has 2 aromatic carbocycles. The maximum absolute atomic E-state index is 13.2. The number of benzene rings is 2. The third kappa shape index (κ3) is 7.19. The van der Waals surface area contributed by atoms with Crippen molar-refractivity contribution in [3.63, 3.8) is 0 Å². The maximum atomic E-state index is 13.2. The van der Waals surface area contributed by atoms with Gasteiger partial charge in [0.15, 0.2) is 0 Å². The van der Waals surface area contributed by atoms with Crippen LogP contribution in [0.3, 0.4) is 0 Å². The van der Waals surface area contributed by atoms with Gasteiger partial charge in [-0.2, -0.15) is 0 Å². The first-order valence-electron chi connectivity index (χ1n) is 8.84. The molecule has 0 saturated carbocycles. The molecule has 0 saturated heterocycles. The third-order valence-electron chi connectivity index (χ3n) is 4.11. The second-order valence-electron chi connectivity index (χ2n) is 6.37. The molecule has 2 amide bonds. The molecule has 0 fully saturated rings. The van der Waals surface area contributed by atoms with Crippen LogP contribution in [-0.4, -0.2) is 31.6 Å². The lowest BCUT2D eigenvalue weighted by molar-refractivity contribution is -0.129. The number of aryl methyl sites for hydroxylation is 2. The predicted molar refractivity (Wildman–Crippen MR) is 102 cm³/mol. The van der Waals surface area contributed by atoms with E-state index in [1.807, 2.05) is 30.3 Å². The van der Waals surface area contributed by atoms with Gasteiger partial charge < -0.3 is 15.4 Å². The minimum atomic E-state index is -0.710. The smallest absolute Gasteiger partial charge is 0.245 e. The summed E-state index contributed by atoms with van der Waals surface area (Å²) < 4.78 is 18.2. The molecule has 1 unspecified atom stereocenters. The van der Waals surface area contributed by atoms with E-state index in [4.69, 9.17) is 4.74 Å². The van der Waals surface area contributed by atoms with Crippen LogP contribution in [0.4, 0.5) is 4.39 Å². The molecule has 6 heteroatoms. The van der Waals surface area contributed by atoms with Gasteiger partial charge in [0, 0.05) is 20.6 Å². The molecule has 0 heterocycles. The summed E-state index contributed by atoms with van der Waals surface area (Å²) in [5.41, 5.74) is 3.06. The average molecular weight is 372 g/mol. The second kappa shape index (κ2) is 10.4. The van der Waals surface area contributed by atoms with Gasteiger partial charge in [-0.15, -0.1) is 0 Å². The minimum absolute atomic E-state index is 0.116. The highest BCUT2D eigenvalue weighted by molar-refractivity contribution is 5.86. The molecule has 0 aliphatic carbocycles. The highest BCUT2D eigenvalue weighted by atomic mass is 19.1. The monoisotopic (exact) mass is 372 g/mol. The zero-order valence-corrected chi connectivity index (χ0v) is 15.6. The second-order valence-corrected chi connectivity index (χ2v) is 6.37. The summed E-state index contributed by atoms with van der Waals surface area (Å²) in [5.74, 6) is -0.790. The molecule has 0 spiro atoms. The first kappa shape index (κ1) is 20.6. The highest BCUT2D eigenvalue weighted by Crippen LogP contribution is 2.10. The molecule has 0 bridgehead atoms. The van der Waals surface area contributed by atoms with E-state index in [2.05, 4.69) is 10.6 Å². The number of amides is 2. The van der Waals surface area contributed by atoms with Crippen LogP contribution < -0.4 is 10.6 Å². The Kier molecular flexibility index (Phi) is 7.95. The van der Waals surface area contributed by atoms with Crippen molar-refractivity contribution in [2.75, 3.05) is 13.7 Å². The van der Waals surface area contributed by atoms with Crippen LogP contribution in [0.15, 0.2) is 48.5 Å². The highest BCUT2D eigenvalue weighted by Gasteiger charge is 2.18. The number of ether oxygens (including phenoxy) is 1. The Bertz CT molecular complexity index is 762. The SMILES string of the molecule is COCC(NC(C)=O)C(=O)NCc1ccc(CCc2cccc(F)c2)cc1. The number of carbonyl (C=O) groups is 2. The number of methoxy groups -OCH3 is 1. The molecule has 2 aromatic rings. The fourth-order valence-electron chi connectivity index (χ4n) is 2.71. The molecule has 144 valence electrons. The van der Waals surface area contributed by atoms with Crippen LogP contribution in [-0.2, 0) is 33.7 Å². The van der Waals surface area contributed by atoms with E-state index in [0.717, 1.165) is 29.5 Å². The third-order valence-corrected chi connectivity index (χ3v) is 4.11. The molecule has 2 rings (SSSR count). The van der Waals surface area contributed by atoms with Crippen LogP contribution in [0, 0.1) is 5.82 Å². The molecule has 27 heavy (non-hydrogen) atoms. The largest absolute Gasteiger partial charge is 0.382 e. The fourth-order valence-corrected chi connectivity index (χ4v) is 2.71. The van der Waals surface area contributed by atoms with E-state index in [9.17, 15) is 14.0 Å². The fraction of sp³-hybridized carbons (Fsp3) is 0.333. The summed E-state index contributed by atoms with van der Waals surface area (Å²) in [6.07, 6.45) is 1.58. The van der Waals surface area contributed by atoms with E-state index in [1.54, 1.807) is 12.1 Å². The van der Waals surface area contributed by atoms with Gasteiger partial charge in [-0.1, -0.05) is 36.4 Å². The van der Waals surface area contributed by atoms with Crippen LogP contribution in [0.25, 0.3) is 0 Å². The van der Waals surface area contributed by atoms with Crippen molar-refractivity contribution in [1.29, 1.82) is 0 Å². The molecule has 0 radical (unpaired) electrons. The first-order valence-corrected chi connectivity index (χ1v) is 8.84. The van der Waals surface area contributed by atoms with Gasteiger partial charge >= 0.3 is 0 Å². The standard InChI is InChI=1S/C21H25FN2O3/c1-15(25)24-20(14-27-2)21(26)23-13-18-10-7-16(8-11-18)6-9-17-4-3-5-19(22)12-17/h3-5,7-8,10-12,20H,6,9,13-14H2,1-2H3,(H,23,26)(H,24,25). The predicted octanol–water partition coefficient (Wildman–Crippen LogP) is 2.38. The van der Waals surface area contributed by atoms with Crippen molar-refractivity contribution in [3.05, 3.63) is 71.0 Å². The Labute approximate surface area is 158 Å². The molecule has 2 N–H and O–H groups in total. The van der Waals surface area contributed by atoms with Gasteiger partial charge in [-0.3, -0.25) is 9.59 Å². The van der Waals surface area contributed by atoms with Crippen molar-refractivity contribution in [1.82, 2.24) is 10.6 Å². The van der Waals surface area contributed by atoms with E-state index >= 15 is 0 Å². The summed E-state index contributed by atoms with van der Waals surface area (Å²) in [6, 6.07) is 13.8. The molecule has 0 aromatic heterocycles. The summed E-state index contributed by atoms with van der Waals surface area (Å²) in [5, 5.41) is 5.36. The summed E-state index contributed by atoms with van der Waals surface area (Å²) in [6.45, 7) is 1.84. The summed E-state index contributed by atoms with van der Waals surface area (Å²) in [4.78, 5) is 23.3. The van der Waals surface area contributed by atoms with Gasteiger partial charge in [-0.05, 0) is 41.7 Å². The molecular weight excluding hydrogens is 347 g/mol. The van der Waals surface area contributed by atoms with Crippen molar-refractivity contribution < 1.29 is 18.7 Å². The minimum Gasteiger partial charge on any atom is -0.382 e. The lowest BCUT2D eigenvalue weighted by Crippen LogP contribution is -2.48. The van der Waals surface area contributed by atoms with E-state index in [0.29, 0.717) is 6.54 Å². The van der Waals surface area contributed by atoms with Crippen molar-refractivity contribution in [2.24, 2.45) is 0 Å². The first-order chi connectivity index (χ1) is 13.0. The van der Waals surface area contributed by atoms with Gasteiger partial charge in [0.2, 0.25) is 11.8 Å². The van der Waals surface area contributed by atoms with Gasteiger partial charge in [-0.25, -0.2) is 4.39 Å². The van der Waals surface area contributed by atoms with Crippen LogP contribution in [0.2, 0.25) is 0 Å². The average Bonchev–Trinajstić information content (AvgIpc) is 2.64. The summed E-state index contributed by atoms with van der Waals surface area (Å²) >= 11 is 0. The van der Waals surface area contributed by atoms with Crippen LogP contribution in [0.1, 0.15) is 23.6 Å². The van der Waals surface area contributed by atoms with E-state index in [1.165, 1.54) is 20.1 Å². The van der Waals surface area contributed by atoms with Gasteiger partial charge in [0.1, 0.15) is 11.9 Å². The normalized spacial score (nSPS) is 11.7.